The van der Waals surface area contributed by atoms with Crippen molar-refractivity contribution in [3.8, 4) is 11.6 Å². The maximum Gasteiger partial charge on any atom is 0.278 e. The summed E-state index contributed by atoms with van der Waals surface area (Å²) < 4.78 is 9.49. The first kappa shape index (κ1) is 20.9. The Labute approximate surface area is 196 Å². The van der Waals surface area contributed by atoms with Crippen LogP contribution in [0.15, 0.2) is 47.5 Å². The third-order valence-electron chi connectivity index (χ3n) is 6.63. The molecule has 1 aliphatic carbocycles. The van der Waals surface area contributed by atoms with E-state index in [-0.39, 0.29) is 11.7 Å². The van der Waals surface area contributed by atoms with Gasteiger partial charge >= 0.3 is 0 Å². The van der Waals surface area contributed by atoms with Gasteiger partial charge in [0.05, 0.1) is 5.69 Å². The molecule has 0 saturated heterocycles. The molecule has 0 unspecified atom stereocenters. The number of hydrogen-bond acceptors (Lipinski definition) is 7. The number of ether oxygens (including phenoxy) is 1. The minimum Gasteiger partial charge on any atom is -0.474 e. The Morgan fingerprint density at radius 1 is 1.18 bits per heavy atom. The molecular formula is C25H27N7O2. The van der Waals surface area contributed by atoms with Crippen LogP contribution >= 0.6 is 0 Å². The molecule has 0 spiro atoms. The van der Waals surface area contributed by atoms with Crippen LogP contribution in [0.3, 0.4) is 0 Å². The van der Waals surface area contributed by atoms with Crippen molar-refractivity contribution in [2.45, 2.75) is 51.8 Å². The minimum atomic E-state index is -0.122. The van der Waals surface area contributed by atoms with Crippen molar-refractivity contribution in [3.05, 3.63) is 64.2 Å². The van der Waals surface area contributed by atoms with Crippen LogP contribution in [0, 0.1) is 0 Å². The highest BCUT2D eigenvalue weighted by molar-refractivity contribution is 5.77. The maximum atomic E-state index is 13.1. The number of fused-ring (bicyclic) bond motifs is 2. The van der Waals surface area contributed by atoms with Crippen LogP contribution in [0.4, 0.5) is 11.6 Å². The van der Waals surface area contributed by atoms with Gasteiger partial charge in [0.25, 0.3) is 5.56 Å². The molecule has 174 valence electrons. The molecule has 4 heterocycles. The summed E-state index contributed by atoms with van der Waals surface area (Å²) in [6, 6.07) is 10.1. The zero-order valence-corrected chi connectivity index (χ0v) is 19.1. The van der Waals surface area contributed by atoms with E-state index in [9.17, 15) is 4.79 Å². The van der Waals surface area contributed by atoms with E-state index in [0.29, 0.717) is 29.4 Å². The third-order valence-corrected chi connectivity index (χ3v) is 6.63. The molecule has 2 aliphatic rings. The van der Waals surface area contributed by atoms with Gasteiger partial charge in [0.15, 0.2) is 5.65 Å². The van der Waals surface area contributed by atoms with Gasteiger partial charge in [0.2, 0.25) is 11.8 Å². The molecule has 0 radical (unpaired) electrons. The molecular weight excluding hydrogens is 430 g/mol. The number of nitrogens with one attached hydrogen (secondary N) is 2. The summed E-state index contributed by atoms with van der Waals surface area (Å²) in [4.78, 5) is 26.6. The van der Waals surface area contributed by atoms with Crippen LogP contribution in [0.25, 0.3) is 16.7 Å². The Bertz CT molecular complexity index is 1420. The molecule has 0 amide bonds. The van der Waals surface area contributed by atoms with Crippen molar-refractivity contribution in [1.29, 1.82) is 0 Å². The maximum absolute atomic E-state index is 13.1. The predicted molar refractivity (Wildman–Crippen MR) is 130 cm³/mol. The van der Waals surface area contributed by atoms with Crippen molar-refractivity contribution >= 4 is 22.7 Å². The van der Waals surface area contributed by atoms with Gasteiger partial charge in [0.1, 0.15) is 11.5 Å². The number of aromatic nitrogens is 5. The molecule has 6 rings (SSSR count). The lowest BCUT2D eigenvalue weighted by Gasteiger charge is -2.25. The standard InChI is InChI=1S/C25H27N7O2/c1-2-31-24(33)21-15-28-25(29-18-7-6-17-14-26-10-8-16(17)12-18)30-23(21)32(31)19-9-11-27-22(13-19)34-20-4-3-5-20/h6-7,9,11-13,15,20,26H,2-5,8,10,14H2,1H3,(H,28,29,30). The van der Waals surface area contributed by atoms with E-state index in [1.807, 2.05) is 29.8 Å². The first-order valence-corrected chi connectivity index (χ1v) is 11.9. The molecule has 0 atom stereocenters. The number of pyridine rings is 1. The SMILES string of the molecule is CCn1c(=O)c2cnc(Nc3ccc4c(c3)CCNC4)nc2n1-c1ccnc(OC2CCC2)c1. The Morgan fingerprint density at radius 3 is 2.91 bits per heavy atom. The van der Waals surface area contributed by atoms with E-state index >= 15 is 0 Å². The first-order valence-electron chi connectivity index (χ1n) is 11.9. The Balaban J connectivity index is 1.39. The van der Waals surface area contributed by atoms with E-state index < -0.39 is 0 Å². The fourth-order valence-corrected chi connectivity index (χ4v) is 4.57. The number of anilines is 2. The van der Waals surface area contributed by atoms with Crippen LogP contribution in [0.1, 0.15) is 37.3 Å². The molecule has 1 fully saturated rings. The van der Waals surface area contributed by atoms with Crippen LogP contribution in [0.2, 0.25) is 0 Å². The zero-order valence-electron chi connectivity index (χ0n) is 19.1. The zero-order chi connectivity index (χ0) is 23.1. The summed E-state index contributed by atoms with van der Waals surface area (Å²) in [5.74, 6) is 1.01. The monoisotopic (exact) mass is 457 g/mol. The summed E-state index contributed by atoms with van der Waals surface area (Å²) in [6.07, 6.45) is 7.83. The fourth-order valence-electron chi connectivity index (χ4n) is 4.57. The van der Waals surface area contributed by atoms with Gasteiger partial charge in [-0.1, -0.05) is 6.07 Å². The van der Waals surface area contributed by atoms with Crippen molar-refractivity contribution in [2.24, 2.45) is 0 Å². The third kappa shape index (κ3) is 3.71. The number of rotatable bonds is 6. The summed E-state index contributed by atoms with van der Waals surface area (Å²) in [6.45, 7) is 4.32. The van der Waals surface area contributed by atoms with E-state index in [0.717, 1.165) is 43.7 Å². The van der Waals surface area contributed by atoms with E-state index in [1.54, 1.807) is 17.1 Å². The Kier molecular flexibility index (Phi) is 5.26. The largest absolute Gasteiger partial charge is 0.474 e. The van der Waals surface area contributed by atoms with Gasteiger partial charge in [-0.05, 0) is 68.5 Å². The average molecular weight is 458 g/mol. The lowest BCUT2D eigenvalue weighted by molar-refractivity contribution is 0.114. The molecule has 1 aromatic carbocycles. The predicted octanol–water partition coefficient (Wildman–Crippen LogP) is 3.32. The van der Waals surface area contributed by atoms with Gasteiger partial charge in [-0.3, -0.25) is 4.79 Å². The topological polar surface area (TPSA) is 98.9 Å². The molecule has 1 saturated carbocycles. The Hall–Kier alpha value is -3.72. The van der Waals surface area contributed by atoms with Gasteiger partial charge in [-0.25, -0.2) is 19.3 Å². The smallest absolute Gasteiger partial charge is 0.278 e. The van der Waals surface area contributed by atoms with Crippen LogP contribution in [0.5, 0.6) is 5.88 Å². The fraction of sp³-hybridized carbons (Fsp3) is 0.360. The summed E-state index contributed by atoms with van der Waals surface area (Å²) >= 11 is 0. The van der Waals surface area contributed by atoms with E-state index in [2.05, 4.69) is 32.7 Å². The second-order valence-electron chi connectivity index (χ2n) is 8.82. The average Bonchev–Trinajstić information content (AvgIpc) is 3.12. The second-order valence-corrected chi connectivity index (χ2v) is 8.82. The van der Waals surface area contributed by atoms with Crippen molar-refractivity contribution < 1.29 is 4.74 Å². The highest BCUT2D eigenvalue weighted by Crippen LogP contribution is 2.26. The summed E-state index contributed by atoms with van der Waals surface area (Å²) in [5, 5.41) is 7.19. The molecule has 0 bridgehead atoms. The van der Waals surface area contributed by atoms with Crippen molar-refractivity contribution in [1.82, 2.24) is 29.6 Å². The quantitative estimate of drug-likeness (QED) is 0.458. The molecule has 2 N–H and O–H groups in total. The number of benzene rings is 1. The van der Waals surface area contributed by atoms with Gasteiger partial charge in [-0.2, -0.15) is 4.98 Å². The number of nitrogens with zero attached hydrogens (tertiary/aromatic N) is 5. The highest BCUT2D eigenvalue weighted by atomic mass is 16.5. The van der Waals surface area contributed by atoms with Crippen LogP contribution < -0.4 is 20.9 Å². The molecule has 9 heteroatoms. The van der Waals surface area contributed by atoms with E-state index in [4.69, 9.17) is 9.72 Å². The second kappa shape index (κ2) is 8.57. The molecule has 4 aromatic rings. The molecule has 9 nitrogen and oxygen atoms in total. The molecule has 1 aliphatic heterocycles. The van der Waals surface area contributed by atoms with Crippen molar-refractivity contribution in [2.75, 3.05) is 11.9 Å². The lowest BCUT2D eigenvalue weighted by atomic mass is 9.96. The summed E-state index contributed by atoms with van der Waals surface area (Å²) in [7, 11) is 0. The van der Waals surface area contributed by atoms with Crippen LogP contribution in [-0.2, 0) is 19.5 Å². The van der Waals surface area contributed by atoms with Gasteiger partial charge in [-0.15, -0.1) is 0 Å². The van der Waals surface area contributed by atoms with E-state index in [1.165, 1.54) is 17.5 Å². The normalized spacial score (nSPS) is 15.7. The molecule has 3 aromatic heterocycles. The first-order chi connectivity index (χ1) is 16.7. The van der Waals surface area contributed by atoms with Crippen molar-refractivity contribution in [3.63, 3.8) is 0 Å². The minimum absolute atomic E-state index is 0.122. The lowest BCUT2D eigenvalue weighted by Crippen LogP contribution is -2.25. The summed E-state index contributed by atoms with van der Waals surface area (Å²) in [5.41, 5.74) is 4.79. The van der Waals surface area contributed by atoms with Gasteiger partial charge in [0, 0.05) is 37.2 Å². The van der Waals surface area contributed by atoms with Gasteiger partial charge < -0.3 is 15.4 Å². The molecule has 34 heavy (non-hydrogen) atoms. The number of hydrogen-bond donors (Lipinski definition) is 2. The van der Waals surface area contributed by atoms with Crippen LogP contribution in [-0.4, -0.2) is 37.0 Å². The highest BCUT2D eigenvalue weighted by Gasteiger charge is 2.21. The Morgan fingerprint density at radius 2 is 2.09 bits per heavy atom.